The SMILES string of the molecule is COC(=O)C1CC(=O)N(c2c(C)cc(Cl)cc2C)C1. The maximum absolute atomic E-state index is 12.1. The summed E-state index contributed by atoms with van der Waals surface area (Å²) in [6.45, 7) is 4.19. The number of amides is 1. The van der Waals surface area contributed by atoms with Crippen LogP contribution in [0.1, 0.15) is 17.5 Å². The molecule has 0 radical (unpaired) electrons. The summed E-state index contributed by atoms with van der Waals surface area (Å²) in [4.78, 5) is 25.3. The van der Waals surface area contributed by atoms with E-state index in [9.17, 15) is 9.59 Å². The van der Waals surface area contributed by atoms with E-state index >= 15 is 0 Å². The molecule has 1 atom stereocenters. The lowest BCUT2D eigenvalue weighted by Gasteiger charge is -2.21. The largest absolute Gasteiger partial charge is 0.469 e. The van der Waals surface area contributed by atoms with Crippen LogP contribution in [0.25, 0.3) is 0 Å². The molecule has 5 heteroatoms. The molecule has 2 rings (SSSR count). The molecule has 4 nitrogen and oxygen atoms in total. The highest BCUT2D eigenvalue weighted by atomic mass is 35.5. The van der Waals surface area contributed by atoms with Gasteiger partial charge in [0.2, 0.25) is 5.91 Å². The van der Waals surface area contributed by atoms with Gasteiger partial charge in [-0.25, -0.2) is 0 Å². The predicted octanol–water partition coefficient (Wildman–Crippen LogP) is 2.48. The van der Waals surface area contributed by atoms with Crippen molar-refractivity contribution >= 4 is 29.2 Å². The fraction of sp³-hybridized carbons (Fsp3) is 0.429. The maximum atomic E-state index is 12.1. The number of aryl methyl sites for hydroxylation is 2. The van der Waals surface area contributed by atoms with Crippen LogP contribution in [0.5, 0.6) is 0 Å². The quantitative estimate of drug-likeness (QED) is 0.783. The highest BCUT2D eigenvalue weighted by Crippen LogP contribution is 2.33. The van der Waals surface area contributed by atoms with Crippen molar-refractivity contribution in [2.75, 3.05) is 18.6 Å². The number of hydrogen-bond donors (Lipinski definition) is 0. The molecule has 0 bridgehead atoms. The van der Waals surface area contributed by atoms with Crippen LogP contribution in [0.3, 0.4) is 0 Å². The fourth-order valence-electron chi connectivity index (χ4n) is 2.58. The number of rotatable bonds is 2. The summed E-state index contributed by atoms with van der Waals surface area (Å²) in [5.74, 6) is -0.768. The lowest BCUT2D eigenvalue weighted by molar-refractivity contribution is -0.145. The summed E-state index contributed by atoms with van der Waals surface area (Å²) in [6, 6.07) is 3.64. The number of carbonyl (C=O) groups excluding carboxylic acids is 2. The molecule has 0 aromatic heterocycles. The van der Waals surface area contributed by atoms with Crippen LogP contribution in [0, 0.1) is 19.8 Å². The zero-order chi connectivity index (χ0) is 14.2. The number of methoxy groups -OCH3 is 1. The first-order valence-corrected chi connectivity index (χ1v) is 6.46. The second kappa shape index (κ2) is 5.21. The van der Waals surface area contributed by atoms with Gasteiger partial charge in [-0.3, -0.25) is 9.59 Å². The molecule has 1 fully saturated rings. The van der Waals surface area contributed by atoms with Crippen LogP contribution >= 0.6 is 11.6 Å². The Labute approximate surface area is 117 Å². The van der Waals surface area contributed by atoms with Crippen molar-refractivity contribution in [3.05, 3.63) is 28.3 Å². The van der Waals surface area contributed by atoms with Crippen molar-refractivity contribution in [2.45, 2.75) is 20.3 Å². The van der Waals surface area contributed by atoms with Gasteiger partial charge in [0.05, 0.1) is 13.0 Å². The monoisotopic (exact) mass is 281 g/mol. The van der Waals surface area contributed by atoms with Gasteiger partial charge in [-0.15, -0.1) is 0 Å². The molecule has 0 spiro atoms. The minimum Gasteiger partial charge on any atom is -0.469 e. The topological polar surface area (TPSA) is 46.6 Å². The van der Waals surface area contributed by atoms with Gasteiger partial charge in [0.1, 0.15) is 0 Å². The van der Waals surface area contributed by atoms with Gasteiger partial charge >= 0.3 is 5.97 Å². The Morgan fingerprint density at radius 3 is 2.47 bits per heavy atom. The van der Waals surface area contributed by atoms with E-state index in [1.54, 1.807) is 4.90 Å². The Balaban J connectivity index is 2.33. The van der Waals surface area contributed by atoms with E-state index in [0.29, 0.717) is 11.6 Å². The van der Waals surface area contributed by atoms with Crippen LogP contribution in [0.15, 0.2) is 12.1 Å². The number of hydrogen-bond acceptors (Lipinski definition) is 3. The molecular weight excluding hydrogens is 266 g/mol. The first kappa shape index (κ1) is 13.9. The minimum atomic E-state index is -0.382. The van der Waals surface area contributed by atoms with E-state index < -0.39 is 0 Å². The molecule has 19 heavy (non-hydrogen) atoms. The number of nitrogens with zero attached hydrogens (tertiary/aromatic N) is 1. The van der Waals surface area contributed by atoms with Crippen LogP contribution in [-0.4, -0.2) is 25.5 Å². The Kier molecular flexibility index (Phi) is 3.80. The van der Waals surface area contributed by atoms with Gasteiger partial charge in [-0.2, -0.15) is 0 Å². The first-order valence-electron chi connectivity index (χ1n) is 6.09. The van der Waals surface area contributed by atoms with Crippen LogP contribution in [-0.2, 0) is 14.3 Å². The van der Waals surface area contributed by atoms with E-state index in [0.717, 1.165) is 16.8 Å². The zero-order valence-electron chi connectivity index (χ0n) is 11.2. The molecule has 0 N–H and O–H groups in total. The lowest BCUT2D eigenvalue weighted by Crippen LogP contribution is -2.27. The van der Waals surface area contributed by atoms with Crippen LogP contribution in [0.2, 0.25) is 5.02 Å². The third kappa shape index (κ3) is 2.59. The summed E-state index contributed by atoms with van der Waals surface area (Å²) in [5.41, 5.74) is 2.72. The summed E-state index contributed by atoms with van der Waals surface area (Å²) in [7, 11) is 1.34. The average Bonchev–Trinajstić information content (AvgIpc) is 2.69. The third-order valence-corrected chi connectivity index (χ3v) is 3.60. The molecular formula is C14H16ClNO3. The van der Waals surface area contributed by atoms with Crippen LogP contribution in [0.4, 0.5) is 5.69 Å². The third-order valence-electron chi connectivity index (χ3n) is 3.39. The zero-order valence-corrected chi connectivity index (χ0v) is 12.0. The normalized spacial score (nSPS) is 18.8. The molecule has 1 aliphatic heterocycles. The number of esters is 1. The standard InChI is InChI=1S/C14H16ClNO3/c1-8-4-11(15)5-9(2)13(8)16-7-10(6-12(16)17)14(18)19-3/h4-5,10H,6-7H2,1-3H3. The van der Waals surface area contributed by atoms with Gasteiger partial charge in [0.15, 0.2) is 0 Å². The average molecular weight is 282 g/mol. The van der Waals surface area contributed by atoms with Gasteiger partial charge < -0.3 is 9.64 Å². The summed E-state index contributed by atoms with van der Waals surface area (Å²) in [5, 5.41) is 0.648. The Morgan fingerprint density at radius 1 is 1.37 bits per heavy atom. The number of ether oxygens (including phenoxy) is 1. The summed E-state index contributed by atoms with van der Waals surface area (Å²) in [6.07, 6.45) is 0.203. The molecule has 1 aromatic carbocycles. The molecule has 102 valence electrons. The molecule has 0 saturated carbocycles. The Morgan fingerprint density at radius 2 is 1.95 bits per heavy atom. The highest BCUT2D eigenvalue weighted by Gasteiger charge is 2.36. The molecule has 1 unspecified atom stereocenters. The van der Waals surface area contributed by atoms with Gasteiger partial charge in [0, 0.05) is 23.7 Å². The van der Waals surface area contributed by atoms with Gasteiger partial charge in [-0.1, -0.05) is 11.6 Å². The molecule has 1 saturated heterocycles. The molecule has 1 aliphatic rings. The summed E-state index contributed by atoms with van der Waals surface area (Å²) < 4.78 is 4.71. The Bertz CT molecular complexity index is 518. The van der Waals surface area contributed by atoms with Crippen molar-refractivity contribution < 1.29 is 14.3 Å². The van der Waals surface area contributed by atoms with Crippen LogP contribution < -0.4 is 4.90 Å². The number of anilines is 1. The fourth-order valence-corrected chi connectivity index (χ4v) is 2.90. The van der Waals surface area contributed by atoms with Crippen molar-refractivity contribution in [3.8, 4) is 0 Å². The number of benzene rings is 1. The van der Waals surface area contributed by atoms with Crippen molar-refractivity contribution in [1.82, 2.24) is 0 Å². The number of carbonyl (C=O) groups is 2. The maximum Gasteiger partial charge on any atom is 0.311 e. The van der Waals surface area contributed by atoms with Crippen molar-refractivity contribution in [1.29, 1.82) is 0 Å². The second-order valence-corrected chi connectivity index (χ2v) is 5.25. The van der Waals surface area contributed by atoms with E-state index in [1.165, 1.54) is 7.11 Å². The summed E-state index contributed by atoms with van der Waals surface area (Å²) >= 11 is 5.99. The molecule has 1 heterocycles. The minimum absolute atomic E-state index is 0.0519. The predicted molar refractivity (Wildman–Crippen MR) is 73.4 cm³/mol. The smallest absolute Gasteiger partial charge is 0.311 e. The molecule has 1 aromatic rings. The van der Waals surface area contributed by atoms with Crippen molar-refractivity contribution in [3.63, 3.8) is 0 Å². The number of halogens is 1. The lowest BCUT2D eigenvalue weighted by atomic mass is 10.1. The highest BCUT2D eigenvalue weighted by molar-refractivity contribution is 6.30. The van der Waals surface area contributed by atoms with Crippen molar-refractivity contribution in [2.24, 2.45) is 5.92 Å². The second-order valence-electron chi connectivity index (χ2n) is 4.82. The van der Waals surface area contributed by atoms with E-state index in [4.69, 9.17) is 16.3 Å². The molecule has 1 amide bonds. The van der Waals surface area contributed by atoms with E-state index in [1.807, 2.05) is 26.0 Å². The van der Waals surface area contributed by atoms with Gasteiger partial charge in [0.25, 0.3) is 0 Å². The van der Waals surface area contributed by atoms with E-state index in [2.05, 4.69) is 0 Å². The van der Waals surface area contributed by atoms with E-state index in [-0.39, 0.29) is 24.2 Å². The van der Waals surface area contributed by atoms with Gasteiger partial charge in [-0.05, 0) is 37.1 Å². The molecule has 0 aliphatic carbocycles. The Hall–Kier alpha value is -1.55. The first-order chi connectivity index (χ1) is 8.93.